The van der Waals surface area contributed by atoms with Crippen LogP contribution in [0.1, 0.15) is 46.2 Å². The van der Waals surface area contributed by atoms with Gasteiger partial charge in [-0.1, -0.05) is 58.7 Å². The van der Waals surface area contributed by atoms with Crippen molar-refractivity contribution in [2.24, 2.45) is 0 Å². The molecule has 262 valence electrons. The lowest BCUT2D eigenvalue weighted by Crippen LogP contribution is -3.19. The number of sulfonamides is 2. The third-order valence-corrected chi connectivity index (χ3v) is 10.7. The van der Waals surface area contributed by atoms with Gasteiger partial charge >= 0.3 is 18.1 Å². The van der Waals surface area contributed by atoms with Crippen molar-refractivity contribution in [2.45, 2.75) is 63.2 Å². The van der Waals surface area contributed by atoms with Gasteiger partial charge in [0.25, 0.3) is 0 Å². The Morgan fingerprint density at radius 1 is 0.729 bits per heavy atom. The van der Waals surface area contributed by atoms with Crippen LogP contribution in [-0.2, 0) is 30.3 Å². The smallest absolute Gasteiger partial charge is 0.421 e. The van der Waals surface area contributed by atoms with E-state index in [0.29, 0.717) is 0 Å². The van der Waals surface area contributed by atoms with E-state index in [2.05, 4.69) is 64.1 Å². The maximum absolute atomic E-state index is 15.0. The molecule has 0 saturated carbocycles. The zero-order valence-electron chi connectivity index (χ0n) is 25.6. The third kappa shape index (κ3) is 7.24. The molecule has 19 heteroatoms. The summed E-state index contributed by atoms with van der Waals surface area (Å²) in [4.78, 5) is 0.998. The molecule has 1 unspecified atom stereocenters. The molecule has 0 amide bonds. The normalized spacial score (nSPS) is 19.6. The molecule has 3 aromatic rings. The van der Waals surface area contributed by atoms with Crippen molar-refractivity contribution in [2.75, 3.05) is 6.54 Å². The van der Waals surface area contributed by atoms with E-state index in [9.17, 15) is 56.3 Å². The number of nitrogens with zero attached hydrogens (tertiary/aromatic N) is 1. The summed E-state index contributed by atoms with van der Waals surface area (Å²) in [6.07, 6.45) is 1.80. The summed E-state index contributed by atoms with van der Waals surface area (Å²) < 4.78 is 160. The number of quaternary nitrogens is 1. The molecule has 2 fully saturated rings. The van der Waals surface area contributed by atoms with E-state index in [1.54, 1.807) is 0 Å². The zero-order chi connectivity index (χ0) is 36.2. The van der Waals surface area contributed by atoms with Gasteiger partial charge in [0.1, 0.15) is 23.5 Å². The van der Waals surface area contributed by atoms with Crippen molar-refractivity contribution in [1.82, 2.24) is 0 Å². The fraction of sp³-hybridized carbons (Fsp3) is 0.379. The van der Waals surface area contributed by atoms with Gasteiger partial charge < -0.3 is 13.6 Å². The van der Waals surface area contributed by atoms with Crippen LogP contribution in [0.5, 0.6) is 0 Å². The summed E-state index contributed by atoms with van der Waals surface area (Å²) in [5.41, 5.74) is -7.01. The van der Waals surface area contributed by atoms with Crippen molar-refractivity contribution >= 4 is 32.6 Å². The summed E-state index contributed by atoms with van der Waals surface area (Å²) in [6.45, 7) is 8.95. The highest BCUT2D eigenvalue weighted by Gasteiger charge is 2.65. The molecule has 1 N–H and O–H groups in total. The quantitative estimate of drug-likeness (QED) is 0.291. The maximum Gasteiger partial charge on any atom is 0.616 e. The van der Waals surface area contributed by atoms with Crippen molar-refractivity contribution in [3.63, 3.8) is 0 Å². The van der Waals surface area contributed by atoms with Crippen LogP contribution in [0.25, 0.3) is 4.13 Å². The summed E-state index contributed by atoms with van der Waals surface area (Å²) in [6, 6.07) is 14.2. The number of halogens is 9. The molecule has 3 aromatic carbocycles. The van der Waals surface area contributed by atoms with Gasteiger partial charge in [-0.25, -0.2) is 30.0 Å². The number of benzene rings is 3. The van der Waals surface area contributed by atoms with Gasteiger partial charge in [0.05, 0.1) is 12.0 Å². The fourth-order valence-corrected chi connectivity index (χ4v) is 8.05. The molecular formula is C29H28BF9N2O5S2. The van der Waals surface area contributed by atoms with Crippen molar-refractivity contribution in [3.8, 4) is 0 Å². The first-order valence-corrected chi connectivity index (χ1v) is 17.0. The molecule has 5 rings (SSSR count). The average molecular weight is 730 g/mol. The molecule has 0 radical (unpaired) electrons. The number of hydrogen-bond donors (Lipinski definition) is 1. The second-order valence-corrected chi connectivity index (χ2v) is 15.1. The van der Waals surface area contributed by atoms with E-state index in [0.717, 1.165) is 73.8 Å². The molecule has 7 nitrogen and oxygen atoms in total. The van der Waals surface area contributed by atoms with E-state index >= 15 is 0 Å². The molecule has 2 atom stereocenters. The highest BCUT2D eigenvalue weighted by atomic mass is 32.3. The molecule has 2 aliphatic heterocycles. The van der Waals surface area contributed by atoms with Gasteiger partial charge in [0.15, 0.2) is 25.6 Å². The van der Waals surface area contributed by atoms with Gasteiger partial charge in [-0.15, -0.1) is 0 Å². The van der Waals surface area contributed by atoms with Crippen LogP contribution in [0.3, 0.4) is 0 Å². The number of nitrogens with one attached hydrogen (secondary N) is 1. The predicted octanol–water partition coefficient (Wildman–Crippen LogP) is 5.11. The zero-order valence-corrected chi connectivity index (χ0v) is 27.2. The van der Waals surface area contributed by atoms with Crippen LogP contribution in [-0.4, -0.2) is 47.5 Å². The minimum atomic E-state index is -6.72. The van der Waals surface area contributed by atoms with Gasteiger partial charge in [-0.05, 0) is 38.8 Å². The second-order valence-electron chi connectivity index (χ2n) is 11.7. The molecule has 0 aromatic heterocycles. The molecule has 0 spiro atoms. The van der Waals surface area contributed by atoms with Crippen molar-refractivity contribution in [3.05, 3.63) is 103 Å². The van der Waals surface area contributed by atoms with E-state index in [1.807, 2.05) is 0 Å². The Kier molecular flexibility index (Phi) is 10.2. The summed E-state index contributed by atoms with van der Waals surface area (Å²) in [7, 11) is -14.3. The summed E-state index contributed by atoms with van der Waals surface area (Å²) in [5, 5.41) is 0. The number of rotatable bonds is 5. The highest BCUT2D eigenvalue weighted by Crippen LogP contribution is 2.43. The molecule has 2 aliphatic rings. The van der Waals surface area contributed by atoms with Crippen molar-refractivity contribution < 1.29 is 65.8 Å². The van der Waals surface area contributed by atoms with Gasteiger partial charge in [-0.2, -0.15) is 26.3 Å². The average Bonchev–Trinajstić information content (AvgIpc) is 3.49. The van der Waals surface area contributed by atoms with Crippen LogP contribution in [0, 0.1) is 45.1 Å². The molecule has 0 bridgehead atoms. The Morgan fingerprint density at radius 2 is 1.12 bits per heavy atom. The summed E-state index contributed by atoms with van der Waals surface area (Å²) >= 11 is 0. The standard InChI is InChI=1S/C27H27BF3NO.C2F6NO4S2/c1-16-8-17(2)11-20(10-16)27(21-12-18(3)9-19(4)13-21)25-6-5-7-32(25)28(33-27)26-23(30)14-22(29)15-24(26)31;3-1(4,5)14(10,11)9-15(12,13)2(6,7)8/h8-15,25H,5-7H2,1-4H3;/q;-1/p+1/t25-;/m0./s1. The van der Waals surface area contributed by atoms with Crippen LogP contribution in [0.2, 0.25) is 0 Å². The largest absolute Gasteiger partial charge is 0.616 e. The van der Waals surface area contributed by atoms with Crippen LogP contribution < -0.4 is 10.3 Å². The Hall–Kier alpha value is -3.13. The highest BCUT2D eigenvalue weighted by molar-refractivity contribution is 8.13. The topological polar surface area (TPSA) is 96.1 Å². The van der Waals surface area contributed by atoms with Crippen molar-refractivity contribution in [1.29, 1.82) is 0 Å². The van der Waals surface area contributed by atoms with Gasteiger partial charge in [0, 0.05) is 25.0 Å². The number of aryl methyl sites for hydroxylation is 4. The Bertz CT molecular complexity index is 1780. The van der Waals surface area contributed by atoms with Gasteiger partial charge in [0.2, 0.25) is 0 Å². The van der Waals surface area contributed by atoms with E-state index < -0.39 is 61.2 Å². The SMILES string of the molecule is Cc1cc(C)cc(C2(c3cc(C)cc(C)c3)OB(c3c(F)cc(F)cc3F)[NH+]3CCC[C@H]32)c1.O=S(=O)([N-]S(=O)(=O)C(F)(F)F)C(F)(F)F. The van der Waals surface area contributed by atoms with E-state index in [-0.39, 0.29) is 11.5 Å². The molecule has 2 saturated heterocycles. The number of fused-ring (bicyclic) bond motifs is 1. The Morgan fingerprint density at radius 3 is 1.50 bits per heavy atom. The molecule has 2 heterocycles. The van der Waals surface area contributed by atoms with Crippen LogP contribution in [0.15, 0.2) is 48.5 Å². The Labute approximate surface area is 271 Å². The van der Waals surface area contributed by atoms with E-state index in [4.69, 9.17) is 4.65 Å². The first kappa shape index (κ1) is 37.7. The third-order valence-electron chi connectivity index (χ3n) is 7.93. The molecule has 48 heavy (non-hydrogen) atoms. The first-order valence-electron chi connectivity index (χ1n) is 14.1. The second kappa shape index (κ2) is 13.0. The Balaban J connectivity index is 0.000000295. The first-order chi connectivity index (χ1) is 21.9. The minimum Gasteiger partial charge on any atom is -0.421 e. The lowest BCUT2D eigenvalue weighted by atomic mass is 9.71. The number of alkyl halides is 6. The van der Waals surface area contributed by atoms with Gasteiger partial charge in [-0.3, -0.25) is 0 Å². The predicted molar refractivity (Wildman–Crippen MR) is 158 cm³/mol. The van der Waals surface area contributed by atoms with Crippen LogP contribution >= 0.6 is 0 Å². The molecular weight excluding hydrogens is 702 g/mol. The molecule has 0 aliphatic carbocycles. The minimum absolute atomic E-state index is 0.0197. The van der Waals surface area contributed by atoms with Crippen LogP contribution in [0.4, 0.5) is 39.5 Å². The summed E-state index contributed by atoms with van der Waals surface area (Å²) in [5.74, 6) is -2.71. The maximum atomic E-state index is 15.0. The lowest BCUT2D eigenvalue weighted by Gasteiger charge is -2.34. The lowest BCUT2D eigenvalue weighted by molar-refractivity contribution is -0.799. The monoisotopic (exact) mass is 730 g/mol. The fourth-order valence-electron chi connectivity index (χ4n) is 6.34. The number of hydrogen-bond acceptors (Lipinski definition) is 5. The van der Waals surface area contributed by atoms with E-state index in [1.165, 1.54) is 0 Å².